The Hall–Kier alpha value is -2.10. The average Bonchev–Trinajstić information content (AvgIpc) is 2.82. The highest BCUT2D eigenvalue weighted by molar-refractivity contribution is 5.90. The Morgan fingerprint density at radius 2 is 2.18 bits per heavy atom. The van der Waals surface area contributed by atoms with Crippen LogP contribution in [-0.2, 0) is 4.79 Å². The van der Waals surface area contributed by atoms with Crippen molar-refractivity contribution in [1.82, 2.24) is 10.2 Å². The molecular formula is C13H15N3O. The van der Waals surface area contributed by atoms with Crippen LogP contribution in [0.25, 0.3) is 0 Å². The second kappa shape index (κ2) is 5.30. The first-order valence-corrected chi connectivity index (χ1v) is 5.59. The van der Waals surface area contributed by atoms with Crippen LogP contribution < -0.4 is 5.32 Å². The molecule has 1 atom stereocenters. The highest BCUT2D eigenvalue weighted by Crippen LogP contribution is 2.19. The zero-order chi connectivity index (χ0) is 12.1. The summed E-state index contributed by atoms with van der Waals surface area (Å²) >= 11 is 0. The molecule has 1 aromatic carbocycles. The minimum atomic E-state index is 0.00255. The molecule has 0 aliphatic carbocycles. The molecule has 1 aromatic heterocycles. The van der Waals surface area contributed by atoms with E-state index in [1.54, 1.807) is 12.4 Å². The Labute approximate surface area is 100 Å². The zero-order valence-electron chi connectivity index (χ0n) is 9.68. The van der Waals surface area contributed by atoms with E-state index in [2.05, 4.69) is 15.5 Å². The quantitative estimate of drug-likeness (QED) is 0.846. The van der Waals surface area contributed by atoms with Gasteiger partial charge in [-0.2, -0.15) is 5.10 Å². The molecule has 0 spiro atoms. The number of rotatable bonds is 4. The number of nitrogens with one attached hydrogen (secondary N) is 2. The first-order chi connectivity index (χ1) is 8.25. The third-order valence-corrected chi connectivity index (χ3v) is 2.64. The monoisotopic (exact) mass is 229 g/mol. The first-order valence-electron chi connectivity index (χ1n) is 5.59. The molecule has 2 N–H and O–H groups in total. The van der Waals surface area contributed by atoms with Gasteiger partial charge in [0.2, 0.25) is 5.91 Å². The van der Waals surface area contributed by atoms with Crippen molar-refractivity contribution >= 4 is 11.6 Å². The molecule has 0 radical (unpaired) electrons. The summed E-state index contributed by atoms with van der Waals surface area (Å²) in [5.41, 5.74) is 1.88. The maximum absolute atomic E-state index is 11.7. The van der Waals surface area contributed by atoms with E-state index in [-0.39, 0.29) is 11.8 Å². The van der Waals surface area contributed by atoms with Gasteiger partial charge in [0.05, 0.1) is 11.9 Å². The van der Waals surface area contributed by atoms with E-state index in [1.807, 2.05) is 37.3 Å². The lowest BCUT2D eigenvalue weighted by molar-refractivity contribution is -0.116. The number of nitrogens with zero attached hydrogens (tertiary/aromatic N) is 1. The summed E-state index contributed by atoms with van der Waals surface area (Å²) in [5, 5.41) is 9.22. The molecule has 2 rings (SSSR count). The van der Waals surface area contributed by atoms with Gasteiger partial charge in [0, 0.05) is 12.6 Å². The van der Waals surface area contributed by atoms with Crippen LogP contribution >= 0.6 is 0 Å². The number of benzene rings is 1. The molecule has 0 saturated heterocycles. The van der Waals surface area contributed by atoms with Crippen molar-refractivity contribution in [3.05, 3.63) is 48.3 Å². The molecule has 0 aliphatic rings. The molecule has 0 saturated carbocycles. The Bertz CT molecular complexity index is 465. The number of carbonyl (C=O) groups is 1. The standard InChI is InChI=1S/C13H15N3O/c1-10(11-5-3-2-4-6-11)7-13(17)16-12-8-14-15-9-12/h2-6,8-10H,7H2,1H3,(H,14,15)(H,16,17)/t10-/m0/s1. The zero-order valence-corrected chi connectivity index (χ0v) is 9.68. The van der Waals surface area contributed by atoms with Crippen LogP contribution in [0.2, 0.25) is 0 Å². The van der Waals surface area contributed by atoms with Crippen molar-refractivity contribution in [2.75, 3.05) is 5.32 Å². The van der Waals surface area contributed by atoms with E-state index in [0.717, 1.165) is 0 Å². The number of aromatic nitrogens is 2. The smallest absolute Gasteiger partial charge is 0.225 e. The molecule has 0 fully saturated rings. The van der Waals surface area contributed by atoms with Crippen LogP contribution in [0.5, 0.6) is 0 Å². The molecule has 88 valence electrons. The van der Waals surface area contributed by atoms with Crippen molar-refractivity contribution in [2.45, 2.75) is 19.3 Å². The Kier molecular flexibility index (Phi) is 3.55. The largest absolute Gasteiger partial charge is 0.323 e. The maximum Gasteiger partial charge on any atom is 0.225 e. The van der Waals surface area contributed by atoms with Gasteiger partial charge in [-0.15, -0.1) is 0 Å². The van der Waals surface area contributed by atoms with Crippen LogP contribution in [-0.4, -0.2) is 16.1 Å². The van der Waals surface area contributed by atoms with Gasteiger partial charge in [-0.1, -0.05) is 37.3 Å². The third kappa shape index (κ3) is 3.17. The average molecular weight is 229 g/mol. The van der Waals surface area contributed by atoms with E-state index in [1.165, 1.54) is 5.56 Å². The number of hydrogen-bond acceptors (Lipinski definition) is 2. The predicted octanol–water partition coefficient (Wildman–Crippen LogP) is 2.54. The van der Waals surface area contributed by atoms with Gasteiger partial charge in [-0.05, 0) is 11.5 Å². The second-order valence-corrected chi connectivity index (χ2v) is 4.05. The topological polar surface area (TPSA) is 57.8 Å². The van der Waals surface area contributed by atoms with Crippen molar-refractivity contribution in [3.8, 4) is 0 Å². The molecule has 2 aromatic rings. The van der Waals surface area contributed by atoms with E-state index < -0.39 is 0 Å². The first kappa shape index (κ1) is 11.4. The van der Waals surface area contributed by atoms with Crippen LogP contribution in [0.4, 0.5) is 5.69 Å². The molecule has 1 amide bonds. The van der Waals surface area contributed by atoms with Gasteiger partial charge >= 0.3 is 0 Å². The summed E-state index contributed by atoms with van der Waals surface area (Å²) in [6.45, 7) is 2.05. The Morgan fingerprint density at radius 3 is 2.82 bits per heavy atom. The molecule has 0 bridgehead atoms. The van der Waals surface area contributed by atoms with Gasteiger partial charge in [0.25, 0.3) is 0 Å². The number of H-pyrrole nitrogens is 1. The summed E-state index contributed by atoms with van der Waals surface area (Å²) in [4.78, 5) is 11.7. The SMILES string of the molecule is C[C@@H](CC(=O)Nc1cn[nH]c1)c1ccccc1. The second-order valence-electron chi connectivity index (χ2n) is 4.05. The number of aromatic amines is 1. The Balaban J connectivity index is 1.91. The number of amides is 1. The van der Waals surface area contributed by atoms with Gasteiger partial charge in [-0.25, -0.2) is 0 Å². The summed E-state index contributed by atoms with van der Waals surface area (Å²) < 4.78 is 0. The lowest BCUT2D eigenvalue weighted by Gasteiger charge is -2.11. The van der Waals surface area contributed by atoms with E-state index >= 15 is 0 Å². The minimum Gasteiger partial charge on any atom is -0.323 e. The van der Waals surface area contributed by atoms with Crippen molar-refractivity contribution in [1.29, 1.82) is 0 Å². The van der Waals surface area contributed by atoms with Crippen molar-refractivity contribution in [3.63, 3.8) is 0 Å². The number of carbonyl (C=O) groups excluding carboxylic acids is 1. The Morgan fingerprint density at radius 1 is 1.41 bits per heavy atom. The number of anilines is 1. The fraction of sp³-hybridized carbons (Fsp3) is 0.231. The molecular weight excluding hydrogens is 214 g/mol. The van der Waals surface area contributed by atoms with E-state index in [4.69, 9.17) is 0 Å². The van der Waals surface area contributed by atoms with Gasteiger partial charge in [-0.3, -0.25) is 9.89 Å². The lowest BCUT2D eigenvalue weighted by Crippen LogP contribution is -2.13. The lowest BCUT2D eigenvalue weighted by atomic mass is 9.97. The molecule has 1 heterocycles. The highest BCUT2D eigenvalue weighted by atomic mass is 16.1. The van der Waals surface area contributed by atoms with E-state index in [9.17, 15) is 4.79 Å². The van der Waals surface area contributed by atoms with Crippen LogP contribution in [0.3, 0.4) is 0 Å². The van der Waals surface area contributed by atoms with Crippen LogP contribution in [0.1, 0.15) is 24.8 Å². The molecule has 17 heavy (non-hydrogen) atoms. The highest BCUT2D eigenvalue weighted by Gasteiger charge is 2.11. The summed E-state index contributed by atoms with van der Waals surface area (Å²) in [5.74, 6) is 0.214. The fourth-order valence-corrected chi connectivity index (χ4v) is 1.71. The van der Waals surface area contributed by atoms with Crippen LogP contribution in [0.15, 0.2) is 42.7 Å². The van der Waals surface area contributed by atoms with Crippen LogP contribution in [0, 0.1) is 0 Å². The number of hydrogen-bond donors (Lipinski definition) is 2. The molecule has 0 aliphatic heterocycles. The molecule has 4 nitrogen and oxygen atoms in total. The van der Waals surface area contributed by atoms with Crippen molar-refractivity contribution in [2.24, 2.45) is 0 Å². The minimum absolute atomic E-state index is 0.00255. The van der Waals surface area contributed by atoms with E-state index in [0.29, 0.717) is 12.1 Å². The van der Waals surface area contributed by atoms with Gasteiger partial charge < -0.3 is 5.32 Å². The molecule has 0 unspecified atom stereocenters. The maximum atomic E-state index is 11.7. The van der Waals surface area contributed by atoms with Gasteiger partial charge in [0.1, 0.15) is 0 Å². The summed E-state index contributed by atoms with van der Waals surface area (Å²) in [6.07, 6.45) is 3.71. The third-order valence-electron chi connectivity index (χ3n) is 2.64. The predicted molar refractivity (Wildman–Crippen MR) is 66.7 cm³/mol. The molecule has 4 heteroatoms. The summed E-state index contributed by atoms with van der Waals surface area (Å²) in [6, 6.07) is 10.0. The summed E-state index contributed by atoms with van der Waals surface area (Å²) in [7, 11) is 0. The fourth-order valence-electron chi connectivity index (χ4n) is 1.71. The normalized spacial score (nSPS) is 12.1. The van der Waals surface area contributed by atoms with Gasteiger partial charge in [0.15, 0.2) is 0 Å². The van der Waals surface area contributed by atoms with Crippen molar-refractivity contribution < 1.29 is 4.79 Å².